The van der Waals surface area contributed by atoms with Crippen LogP contribution < -0.4 is 10.1 Å². The lowest BCUT2D eigenvalue weighted by molar-refractivity contribution is 0.397. The lowest BCUT2D eigenvalue weighted by atomic mass is 10.2. The molecule has 19 heavy (non-hydrogen) atoms. The van der Waals surface area contributed by atoms with E-state index in [0.717, 1.165) is 29.9 Å². The summed E-state index contributed by atoms with van der Waals surface area (Å²) in [6.07, 6.45) is 5.39. The van der Waals surface area contributed by atoms with Crippen LogP contribution >= 0.6 is 0 Å². The molecule has 0 unspecified atom stereocenters. The predicted octanol–water partition coefficient (Wildman–Crippen LogP) is 2.44. The van der Waals surface area contributed by atoms with Gasteiger partial charge in [-0.1, -0.05) is 13.3 Å². The molecule has 5 heteroatoms. The van der Waals surface area contributed by atoms with Crippen molar-refractivity contribution in [1.29, 1.82) is 0 Å². The highest BCUT2D eigenvalue weighted by Gasteiger charge is 2.00. The molecule has 0 aliphatic heterocycles. The average Bonchev–Trinajstić information content (AvgIpc) is 2.46. The van der Waals surface area contributed by atoms with Crippen LogP contribution in [0.25, 0.3) is 0 Å². The van der Waals surface area contributed by atoms with Crippen molar-refractivity contribution in [1.82, 2.24) is 15.0 Å². The molecule has 2 aromatic rings. The SMILES string of the molecule is CCCc1cc(NCc2ccnc(OC)c2)ncn1. The second-order valence-corrected chi connectivity index (χ2v) is 4.20. The van der Waals surface area contributed by atoms with E-state index in [0.29, 0.717) is 12.4 Å². The Balaban J connectivity index is 1.99. The van der Waals surface area contributed by atoms with Crippen LogP contribution in [0, 0.1) is 0 Å². The van der Waals surface area contributed by atoms with Crippen molar-refractivity contribution >= 4 is 5.82 Å². The average molecular weight is 258 g/mol. The summed E-state index contributed by atoms with van der Waals surface area (Å²) in [6.45, 7) is 2.82. The molecule has 2 rings (SSSR count). The molecule has 1 N–H and O–H groups in total. The first-order valence-electron chi connectivity index (χ1n) is 6.35. The van der Waals surface area contributed by atoms with E-state index in [-0.39, 0.29) is 0 Å². The van der Waals surface area contributed by atoms with Gasteiger partial charge in [0.05, 0.1) is 7.11 Å². The fourth-order valence-corrected chi connectivity index (χ4v) is 1.75. The molecule has 0 fully saturated rings. The topological polar surface area (TPSA) is 59.9 Å². The third kappa shape index (κ3) is 3.91. The second kappa shape index (κ2) is 6.68. The van der Waals surface area contributed by atoms with Crippen molar-refractivity contribution < 1.29 is 4.74 Å². The Morgan fingerprint density at radius 2 is 2.11 bits per heavy atom. The highest BCUT2D eigenvalue weighted by Crippen LogP contribution is 2.11. The molecule has 0 aliphatic carbocycles. The number of pyridine rings is 1. The number of nitrogens with zero attached hydrogens (tertiary/aromatic N) is 3. The number of methoxy groups -OCH3 is 1. The number of aryl methyl sites for hydroxylation is 1. The molecule has 0 amide bonds. The van der Waals surface area contributed by atoms with Crippen LogP contribution in [0.4, 0.5) is 5.82 Å². The molecule has 0 aromatic carbocycles. The third-order valence-corrected chi connectivity index (χ3v) is 2.71. The minimum atomic E-state index is 0.619. The molecule has 0 spiro atoms. The third-order valence-electron chi connectivity index (χ3n) is 2.71. The largest absolute Gasteiger partial charge is 0.481 e. The molecule has 5 nitrogen and oxygen atoms in total. The lowest BCUT2D eigenvalue weighted by Crippen LogP contribution is -2.03. The van der Waals surface area contributed by atoms with Crippen molar-refractivity contribution in [3.63, 3.8) is 0 Å². The van der Waals surface area contributed by atoms with E-state index in [9.17, 15) is 0 Å². The molecule has 0 saturated heterocycles. The summed E-state index contributed by atoms with van der Waals surface area (Å²) in [5.74, 6) is 1.46. The van der Waals surface area contributed by atoms with Crippen LogP contribution in [-0.2, 0) is 13.0 Å². The Morgan fingerprint density at radius 3 is 2.89 bits per heavy atom. The number of aromatic nitrogens is 3. The molecule has 0 saturated carbocycles. The summed E-state index contributed by atoms with van der Waals surface area (Å²) < 4.78 is 5.09. The number of hydrogen-bond acceptors (Lipinski definition) is 5. The summed E-state index contributed by atoms with van der Waals surface area (Å²) in [5.41, 5.74) is 2.16. The number of anilines is 1. The van der Waals surface area contributed by atoms with E-state index in [2.05, 4.69) is 27.2 Å². The van der Waals surface area contributed by atoms with Gasteiger partial charge in [0.1, 0.15) is 12.1 Å². The summed E-state index contributed by atoms with van der Waals surface area (Å²) >= 11 is 0. The molecular formula is C14H18N4O. The molecule has 0 atom stereocenters. The maximum absolute atomic E-state index is 5.09. The fourth-order valence-electron chi connectivity index (χ4n) is 1.75. The first kappa shape index (κ1) is 13.3. The first-order valence-corrected chi connectivity index (χ1v) is 6.35. The van der Waals surface area contributed by atoms with Crippen molar-refractivity contribution in [3.8, 4) is 5.88 Å². The Labute approximate surface area is 113 Å². The van der Waals surface area contributed by atoms with Gasteiger partial charge in [-0.15, -0.1) is 0 Å². The number of hydrogen-bond donors (Lipinski definition) is 1. The minimum absolute atomic E-state index is 0.619. The summed E-state index contributed by atoms with van der Waals surface area (Å²) in [5, 5.41) is 3.28. The Morgan fingerprint density at radius 1 is 1.21 bits per heavy atom. The van der Waals surface area contributed by atoms with Gasteiger partial charge in [0, 0.05) is 30.6 Å². The zero-order valence-corrected chi connectivity index (χ0v) is 11.3. The molecule has 0 aliphatic rings. The predicted molar refractivity (Wildman–Crippen MR) is 74.1 cm³/mol. The van der Waals surface area contributed by atoms with Crippen LogP contribution in [0.5, 0.6) is 5.88 Å². The van der Waals surface area contributed by atoms with E-state index in [1.54, 1.807) is 19.6 Å². The normalized spacial score (nSPS) is 10.2. The quantitative estimate of drug-likeness (QED) is 0.862. The van der Waals surface area contributed by atoms with Crippen molar-refractivity contribution in [3.05, 3.63) is 42.0 Å². The van der Waals surface area contributed by atoms with Gasteiger partial charge >= 0.3 is 0 Å². The standard InChI is InChI=1S/C14H18N4O/c1-3-4-12-8-13(18-10-17-12)16-9-11-5-6-15-14(7-11)19-2/h5-8,10H,3-4,9H2,1-2H3,(H,16,17,18). The number of nitrogens with one attached hydrogen (secondary N) is 1. The molecule has 100 valence electrons. The van der Waals surface area contributed by atoms with E-state index in [1.165, 1.54) is 0 Å². The fraction of sp³-hybridized carbons (Fsp3) is 0.357. The number of ether oxygens (including phenoxy) is 1. The van der Waals surface area contributed by atoms with Gasteiger partial charge in [0.2, 0.25) is 5.88 Å². The van der Waals surface area contributed by atoms with Crippen molar-refractivity contribution in [2.24, 2.45) is 0 Å². The van der Waals surface area contributed by atoms with Crippen LogP contribution in [-0.4, -0.2) is 22.1 Å². The van der Waals surface area contributed by atoms with Gasteiger partial charge in [-0.3, -0.25) is 0 Å². The molecule has 2 aromatic heterocycles. The lowest BCUT2D eigenvalue weighted by Gasteiger charge is -2.07. The van der Waals surface area contributed by atoms with Crippen LogP contribution in [0.3, 0.4) is 0 Å². The van der Waals surface area contributed by atoms with Crippen molar-refractivity contribution in [2.45, 2.75) is 26.3 Å². The van der Waals surface area contributed by atoms with Crippen LogP contribution in [0.1, 0.15) is 24.6 Å². The first-order chi connectivity index (χ1) is 9.31. The molecule has 0 radical (unpaired) electrons. The van der Waals surface area contributed by atoms with E-state index >= 15 is 0 Å². The van der Waals surface area contributed by atoms with Crippen LogP contribution in [0.2, 0.25) is 0 Å². The zero-order chi connectivity index (χ0) is 13.5. The van der Waals surface area contributed by atoms with Crippen LogP contribution in [0.15, 0.2) is 30.7 Å². The van der Waals surface area contributed by atoms with Gasteiger partial charge < -0.3 is 10.1 Å². The number of rotatable bonds is 6. The molecular weight excluding hydrogens is 240 g/mol. The van der Waals surface area contributed by atoms with E-state index < -0.39 is 0 Å². The van der Waals surface area contributed by atoms with Gasteiger partial charge in [-0.05, 0) is 18.1 Å². The Hall–Kier alpha value is -2.17. The zero-order valence-electron chi connectivity index (χ0n) is 11.3. The Kier molecular flexibility index (Phi) is 4.66. The van der Waals surface area contributed by atoms with Gasteiger partial charge in [0.15, 0.2) is 0 Å². The van der Waals surface area contributed by atoms with Gasteiger partial charge in [-0.25, -0.2) is 15.0 Å². The van der Waals surface area contributed by atoms with Gasteiger partial charge in [-0.2, -0.15) is 0 Å². The van der Waals surface area contributed by atoms with Gasteiger partial charge in [0.25, 0.3) is 0 Å². The molecule has 2 heterocycles. The monoisotopic (exact) mass is 258 g/mol. The highest BCUT2D eigenvalue weighted by molar-refractivity contribution is 5.36. The highest BCUT2D eigenvalue weighted by atomic mass is 16.5. The molecule has 0 bridgehead atoms. The summed E-state index contributed by atoms with van der Waals surface area (Å²) in [6, 6.07) is 5.84. The smallest absolute Gasteiger partial charge is 0.213 e. The maximum Gasteiger partial charge on any atom is 0.213 e. The van der Waals surface area contributed by atoms with Crippen molar-refractivity contribution in [2.75, 3.05) is 12.4 Å². The second-order valence-electron chi connectivity index (χ2n) is 4.20. The summed E-state index contributed by atoms with van der Waals surface area (Å²) in [4.78, 5) is 12.5. The van der Waals surface area contributed by atoms with E-state index in [1.807, 2.05) is 18.2 Å². The Bertz CT molecular complexity index is 530. The van der Waals surface area contributed by atoms with E-state index in [4.69, 9.17) is 4.74 Å². The summed E-state index contributed by atoms with van der Waals surface area (Å²) in [7, 11) is 1.61. The minimum Gasteiger partial charge on any atom is -0.481 e. The maximum atomic E-state index is 5.09.